The van der Waals surface area contributed by atoms with E-state index in [2.05, 4.69) is 0 Å². The van der Waals surface area contributed by atoms with E-state index in [1.807, 2.05) is 12.2 Å². The fraction of sp³-hybridized carbons (Fsp3) is 0.500. The van der Waals surface area contributed by atoms with Gasteiger partial charge in [0.1, 0.15) is 0 Å². The zero-order valence-corrected chi connectivity index (χ0v) is 6.98. The van der Waals surface area contributed by atoms with Crippen LogP contribution in [0.2, 0.25) is 0 Å². The summed E-state index contributed by atoms with van der Waals surface area (Å²) in [4.78, 5) is 0. The number of hydrogen-bond donors (Lipinski definition) is 0. The Kier molecular flexibility index (Phi) is 21.8. The van der Waals surface area contributed by atoms with Gasteiger partial charge in [-0.15, -0.1) is 0 Å². The van der Waals surface area contributed by atoms with Crippen LogP contribution in [0.3, 0.4) is 0 Å². The summed E-state index contributed by atoms with van der Waals surface area (Å²) in [5, 5.41) is 0. The molecule has 1 rings (SSSR count). The van der Waals surface area contributed by atoms with E-state index in [4.69, 9.17) is 4.74 Å². The summed E-state index contributed by atoms with van der Waals surface area (Å²) in [6.07, 6.45) is 4.03. The third-order valence-corrected chi connectivity index (χ3v) is 0.595. The molecule has 0 saturated carbocycles. The van der Waals surface area contributed by atoms with Crippen molar-refractivity contribution in [1.29, 1.82) is 0 Å². The third kappa shape index (κ3) is 7.00. The summed E-state index contributed by atoms with van der Waals surface area (Å²) in [7, 11) is 0. The van der Waals surface area contributed by atoms with Crippen LogP contribution in [-0.2, 0) is 4.74 Å². The van der Waals surface area contributed by atoms with E-state index in [9.17, 15) is 0 Å². The summed E-state index contributed by atoms with van der Waals surface area (Å²) in [6.45, 7) is 1.64. The van der Waals surface area contributed by atoms with Crippen LogP contribution in [-0.4, -0.2) is 32.1 Å². The normalized spacial score (nSPS) is 13.0. The van der Waals surface area contributed by atoms with Gasteiger partial charge < -0.3 is 4.74 Å². The van der Waals surface area contributed by atoms with Gasteiger partial charge in [-0.1, -0.05) is 12.2 Å². The summed E-state index contributed by atoms with van der Waals surface area (Å²) < 4.78 is 4.83. The van der Waals surface area contributed by atoms with Gasteiger partial charge in [-0.25, -0.2) is 0 Å². The van der Waals surface area contributed by atoms with Crippen molar-refractivity contribution in [3.05, 3.63) is 12.2 Å². The predicted molar refractivity (Wildman–Crippen MR) is 46.5 cm³/mol. The standard InChI is InChI=1S/C4H6O.Li.2H2S/c1-2-4-5-3-1;;;/h1-2H,3-4H2;;2*1H2. The smallest absolute Gasteiger partial charge is 0.0652 e. The Balaban J connectivity index is -0.0000000833. The van der Waals surface area contributed by atoms with E-state index >= 15 is 0 Å². The molecule has 0 aromatic heterocycles. The molecular formula is C4H10LiOS2. The van der Waals surface area contributed by atoms with E-state index in [0.717, 1.165) is 13.2 Å². The second kappa shape index (κ2) is 10.9. The third-order valence-electron chi connectivity index (χ3n) is 0.595. The van der Waals surface area contributed by atoms with Gasteiger partial charge in [0, 0.05) is 18.9 Å². The molecule has 0 bridgehead atoms. The van der Waals surface area contributed by atoms with Gasteiger partial charge in [-0.3, -0.25) is 0 Å². The van der Waals surface area contributed by atoms with Crippen LogP contribution in [0.5, 0.6) is 0 Å². The minimum atomic E-state index is 0. The minimum Gasteiger partial charge on any atom is -0.373 e. The average Bonchev–Trinajstić information content (AvgIpc) is 1.76. The van der Waals surface area contributed by atoms with Gasteiger partial charge in [0.15, 0.2) is 0 Å². The summed E-state index contributed by atoms with van der Waals surface area (Å²) in [5.41, 5.74) is 0. The van der Waals surface area contributed by atoms with Crippen molar-refractivity contribution >= 4 is 45.9 Å². The Morgan fingerprint density at radius 2 is 1.38 bits per heavy atom. The fourth-order valence-corrected chi connectivity index (χ4v) is 0.340. The van der Waals surface area contributed by atoms with Crippen molar-refractivity contribution in [3.63, 3.8) is 0 Å². The Labute approximate surface area is 75.9 Å². The molecule has 0 saturated heterocycles. The maximum atomic E-state index is 4.83. The maximum Gasteiger partial charge on any atom is 0.0652 e. The quantitative estimate of drug-likeness (QED) is 0.354. The monoisotopic (exact) mass is 145 g/mol. The van der Waals surface area contributed by atoms with Gasteiger partial charge in [-0.05, 0) is 0 Å². The molecule has 0 spiro atoms. The topological polar surface area (TPSA) is 9.23 Å². The molecule has 8 heavy (non-hydrogen) atoms. The zero-order valence-electron chi connectivity index (χ0n) is 4.98. The zero-order chi connectivity index (χ0) is 3.54. The molecule has 0 atom stereocenters. The summed E-state index contributed by atoms with van der Waals surface area (Å²) >= 11 is 0. The number of ether oxygens (including phenoxy) is 1. The average molecular weight is 145 g/mol. The SMILES string of the molecule is C1=CCOC1.S.S.[Li]. The van der Waals surface area contributed by atoms with Gasteiger partial charge in [0.2, 0.25) is 0 Å². The van der Waals surface area contributed by atoms with E-state index in [0.29, 0.717) is 0 Å². The van der Waals surface area contributed by atoms with Gasteiger partial charge in [0.25, 0.3) is 0 Å². The van der Waals surface area contributed by atoms with Gasteiger partial charge in [-0.2, -0.15) is 27.0 Å². The van der Waals surface area contributed by atoms with Crippen molar-refractivity contribution in [2.45, 2.75) is 0 Å². The maximum absolute atomic E-state index is 4.83. The largest absolute Gasteiger partial charge is 0.373 e. The number of rotatable bonds is 0. The van der Waals surface area contributed by atoms with Crippen LogP contribution in [0.15, 0.2) is 12.2 Å². The molecule has 1 aliphatic heterocycles. The van der Waals surface area contributed by atoms with Crippen molar-refractivity contribution < 1.29 is 4.74 Å². The molecule has 0 N–H and O–H groups in total. The Morgan fingerprint density at radius 1 is 1.00 bits per heavy atom. The first-order chi connectivity index (χ1) is 2.50. The fourth-order valence-electron chi connectivity index (χ4n) is 0.340. The minimum absolute atomic E-state index is 0. The second-order valence-corrected chi connectivity index (χ2v) is 1.01. The van der Waals surface area contributed by atoms with Crippen LogP contribution in [0.25, 0.3) is 0 Å². The van der Waals surface area contributed by atoms with E-state index in [1.54, 1.807) is 0 Å². The van der Waals surface area contributed by atoms with Crippen LogP contribution < -0.4 is 0 Å². The first-order valence-corrected chi connectivity index (χ1v) is 1.73. The van der Waals surface area contributed by atoms with Gasteiger partial charge >= 0.3 is 0 Å². The molecule has 1 aliphatic rings. The summed E-state index contributed by atoms with van der Waals surface area (Å²) in [5.74, 6) is 0. The second-order valence-electron chi connectivity index (χ2n) is 1.01. The van der Waals surface area contributed by atoms with Crippen molar-refractivity contribution in [3.8, 4) is 0 Å². The molecule has 45 valence electrons. The van der Waals surface area contributed by atoms with Gasteiger partial charge in [0.05, 0.1) is 13.2 Å². The Hall–Kier alpha value is 0.997. The molecule has 0 amide bonds. The molecule has 0 aromatic carbocycles. The van der Waals surface area contributed by atoms with E-state index in [-0.39, 0.29) is 45.9 Å². The van der Waals surface area contributed by atoms with Crippen LogP contribution >= 0.6 is 27.0 Å². The van der Waals surface area contributed by atoms with E-state index < -0.39 is 0 Å². The van der Waals surface area contributed by atoms with Crippen molar-refractivity contribution in [2.75, 3.05) is 13.2 Å². The molecule has 1 radical (unpaired) electrons. The van der Waals surface area contributed by atoms with Crippen LogP contribution in [0.1, 0.15) is 0 Å². The van der Waals surface area contributed by atoms with Crippen LogP contribution in [0.4, 0.5) is 0 Å². The number of hydrogen-bond acceptors (Lipinski definition) is 1. The van der Waals surface area contributed by atoms with E-state index in [1.165, 1.54) is 0 Å². The molecule has 0 aromatic rings. The Bertz CT molecular complexity index is 52.0. The molecule has 0 aliphatic carbocycles. The molecule has 0 unspecified atom stereocenters. The summed E-state index contributed by atoms with van der Waals surface area (Å²) in [6, 6.07) is 0. The van der Waals surface area contributed by atoms with Crippen molar-refractivity contribution in [1.82, 2.24) is 0 Å². The molecule has 4 heteroatoms. The first kappa shape index (κ1) is 16.0. The molecular weight excluding hydrogens is 135 g/mol. The predicted octanol–water partition coefficient (Wildman–Crippen LogP) is 0.418. The van der Waals surface area contributed by atoms with Crippen molar-refractivity contribution in [2.24, 2.45) is 0 Å². The van der Waals surface area contributed by atoms with Crippen LogP contribution in [0, 0.1) is 0 Å². The Morgan fingerprint density at radius 3 is 1.50 bits per heavy atom. The first-order valence-electron chi connectivity index (χ1n) is 1.73. The molecule has 1 nitrogen and oxygen atoms in total. The molecule has 0 fully saturated rings. The molecule has 1 heterocycles.